The van der Waals surface area contributed by atoms with Gasteiger partial charge in [0.2, 0.25) is 0 Å². The summed E-state index contributed by atoms with van der Waals surface area (Å²) in [6.07, 6.45) is 0. The van der Waals surface area contributed by atoms with Crippen LogP contribution in [-0.2, 0) is 6.54 Å². The Morgan fingerprint density at radius 3 is 2.52 bits per heavy atom. The Bertz CT molecular complexity index is 1350. The van der Waals surface area contributed by atoms with Crippen molar-refractivity contribution in [3.05, 3.63) is 75.7 Å². The lowest BCUT2D eigenvalue weighted by atomic mass is 10.1. The van der Waals surface area contributed by atoms with Crippen molar-refractivity contribution in [2.45, 2.75) is 20.4 Å². The van der Waals surface area contributed by atoms with Crippen LogP contribution in [0.2, 0.25) is 0 Å². The van der Waals surface area contributed by atoms with Crippen molar-refractivity contribution < 1.29 is 4.74 Å². The number of benzene rings is 2. The maximum Gasteiger partial charge on any atom is 0.274 e. The normalized spacial score (nSPS) is 14.7. The lowest BCUT2D eigenvalue weighted by Gasteiger charge is -2.36. The van der Waals surface area contributed by atoms with Crippen molar-refractivity contribution in [3.8, 4) is 17.1 Å². The summed E-state index contributed by atoms with van der Waals surface area (Å²) in [6.45, 7) is 8.31. The third-order valence-electron chi connectivity index (χ3n) is 6.35. The Hall–Kier alpha value is -3.65. The number of aryl methyl sites for hydroxylation is 2. The molecule has 1 aliphatic rings. The van der Waals surface area contributed by atoms with Gasteiger partial charge in [0.15, 0.2) is 5.82 Å². The molecule has 1 aliphatic heterocycles. The molecule has 0 radical (unpaired) electrons. The van der Waals surface area contributed by atoms with Gasteiger partial charge in [-0.05, 0) is 43.2 Å². The smallest absolute Gasteiger partial charge is 0.274 e. The van der Waals surface area contributed by atoms with Crippen LogP contribution in [0.25, 0.3) is 17.2 Å². The fourth-order valence-corrected chi connectivity index (χ4v) is 4.29. The molecule has 170 valence electrons. The number of ether oxygens (including phenoxy) is 1. The van der Waals surface area contributed by atoms with Crippen LogP contribution in [0.1, 0.15) is 16.8 Å². The number of para-hydroxylation sites is 2. The summed E-state index contributed by atoms with van der Waals surface area (Å²) < 4.78 is 6.92. The molecular weight excluding hydrogens is 416 g/mol. The van der Waals surface area contributed by atoms with Crippen LogP contribution in [0, 0.1) is 13.8 Å². The molecule has 0 unspecified atom stereocenters. The van der Waals surface area contributed by atoms with Gasteiger partial charge < -0.3 is 9.64 Å². The quantitative estimate of drug-likeness (QED) is 0.510. The molecule has 0 spiro atoms. The molecule has 8 nitrogen and oxygen atoms in total. The molecule has 3 heterocycles. The second-order valence-corrected chi connectivity index (χ2v) is 8.53. The fraction of sp³-hybridized carbons (Fsp3) is 0.320. The highest BCUT2D eigenvalue weighted by molar-refractivity contribution is 5.59. The SMILES string of the molecule is COc1ccccc1N1CCN(Cc2cc(=O)n3[nH]c(-c4ccc(C)c(C)c4)nc3n2)CC1. The largest absolute Gasteiger partial charge is 0.495 e. The molecule has 0 bridgehead atoms. The van der Waals surface area contributed by atoms with E-state index in [9.17, 15) is 4.79 Å². The number of nitrogens with zero attached hydrogens (tertiary/aromatic N) is 5. The van der Waals surface area contributed by atoms with Crippen molar-refractivity contribution >= 4 is 11.5 Å². The molecule has 2 aromatic carbocycles. The van der Waals surface area contributed by atoms with E-state index in [0.717, 1.165) is 48.9 Å². The van der Waals surface area contributed by atoms with E-state index in [1.807, 2.05) is 24.3 Å². The number of fused-ring (bicyclic) bond motifs is 1. The molecule has 2 aromatic heterocycles. The van der Waals surface area contributed by atoms with E-state index in [-0.39, 0.29) is 5.56 Å². The van der Waals surface area contributed by atoms with Gasteiger partial charge >= 0.3 is 0 Å². The number of methoxy groups -OCH3 is 1. The molecule has 0 aliphatic carbocycles. The zero-order valence-corrected chi connectivity index (χ0v) is 19.2. The molecule has 1 N–H and O–H groups in total. The van der Waals surface area contributed by atoms with Crippen molar-refractivity contribution in [2.75, 3.05) is 38.2 Å². The Kier molecular flexibility index (Phi) is 5.60. The fourth-order valence-electron chi connectivity index (χ4n) is 4.29. The van der Waals surface area contributed by atoms with E-state index in [4.69, 9.17) is 4.74 Å². The van der Waals surface area contributed by atoms with Gasteiger partial charge in [0.25, 0.3) is 11.3 Å². The topological polar surface area (TPSA) is 78.8 Å². The van der Waals surface area contributed by atoms with Gasteiger partial charge in [0, 0.05) is 44.4 Å². The molecule has 4 aromatic rings. The van der Waals surface area contributed by atoms with Gasteiger partial charge in [0.05, 0.1) is 18.5 Å². The number of piperazine rings is 1. The summed E-state index contributed by atoms with van der Waals surface area (Å²) in [5, 5.41) is 3.09. The summed E-state index contributed by atoms with van der Waals surface area (Å²) in [4.78, 5) is 26.6. The average Bonchev–Trinajstić information content (AvgIpc) is 3.26. The Labute approximate surface area is 192 Å². The first kappa shape index (κ1) is 21.2. The molecule has 8 heteroatoms. The predicted octanol–water partition coefficient (Wildman–Crippen LogP) is 3.03. The molecular formula is C25H28N6O2. The van der Waals surface area contributed by atoms with Crippen molar-refractivity contribution in [1.29, 1.82) is 0 Å². The minimum absolute atomic E-state index is 0.148. The molecule has 1 saturated heterocycles. The number of anilines is 1. The highest BCUT2D eigenvalue weighted by Crippen LogP contribution is 2.28. The summed E-state index contributed by atoms with van der Waals surface area (Å²) in [5.41, 5.74) is 5.05. The summed E-state index contributed by atoms with van der Waals surface area (Å²) >= 11 is 0. The second kappa shape index (κ2) is 8.71. The minimum Gasteiger partial charge on any atom is -0.495 e. The number of hydrogen-bond donors (Lipinski definition) is 1. The van der Waals surface area contributed by atoms with Crippen LogP contribution in [0.15, 0.2) is 53.3 Å². The number of rotatable bonds is 5. The number of nitrogens with one attached hydrogen (secondary N) is 1. The number of aromatic nitrogens is 4. The zero-order valence-electron chi connectivity index (χ0n) is 19.2. The molecule has 0 saturated carbocycles. The minimum atomic E-state index is -0.148. The highest BCUT2D eigenvalue weighted by atomic mass is 16.5. The number of aromatic amines is 1. The highest BCUT2D eigenvalue weighted by Gasteiger charge is 2.20. The average molecular weight is 445 g/mol. The monoisotopic (exact) mass is 444 g/mol. The van der Waals surface area contributed by atoms with E-state index in [1.165, 1.54) is 15.6 Å². The van der Waals surface area contributed by atoms with Gasteiger partial charge in [-0.2, -0.15) is 9.50 Å². The third kappa shape index (κ3) is 4.21. The first-order valence-electron chi connectivity index (χ1n) is 11.2. The summed E-state index contributed by atoms with van der Waals surface area (Å²) in [7, 11) is 1.70. The van der Waals surface area contributed by atoms with Gasteiger partial charge in [-0.1, -0.05) is 24.3 Å². The van der Waals surface area contributed by atoms with E-state index in [0.29, 0.717) is 18.1 Å². The first-order valence-corrected chi connectivity index (χ1v) is 11.2. The number of hydrogen-bond acceptors (Lipinski definition) is 6. The maximum atomic E-state index is 12.7. The van der Waals surface area contributed by atoms with Crippen molar-refractivity contribution in [2.24, 2.45) is 0 Å². The predicted molar refractivity (Wildman–Crippen MR) is 129 cm³/mol. The molecule has 5 rings (SSSR count). The van der Waals surface area contributed by atoms with Gasteiger partial charge in [-0.25, -0.2) is 4.98 Å². The van der Waals surface area contributed by atoms with Crippen LogP contribution in [0.4, 0.5) is 5.69 Å². The van der Waals surface area contributed by atoms with E-state index >= 15 is 0 Å². The second-order valence-electron chi connectivity index (χ2n) is 8.53. The van der Waals surface area contributed by atoms with Crippen molar-refractivity contribution in [1.82, 2.24) is 24.5 Å². The first-order chi connectivity index (χ1) is 16.0. The van der Waals surface area contributed by atoms with E-state index in [1.54, 1.807) is 13.2 Å². The third-order valence-corrected chi connectivity index (χ3v) is 6.35. The van der Waals surface area contributed by atoms with Crippen LogP contribution >= 0.6 is 0 Å². The van der Waals surface area contributed by atoms with Crippen LogP contribution in [0.3, 0.4) is 0 Å². The van der Waals surface area contributed by atoms with Crippen LogP contribution in [-0.4, -0.2) is 57.8 Å². The zero-order chi connectivity index (χ0) is 22.9. The summed E-state index contributed by atoms with van der Waals surface area (Å²) in [6, 6.07) is 15.8. The lowest BCUT2D eigenvalue weighted by Crippen LogP contribution is -2.46. The van der Waals surface area contributed by atoms with Gasteiger partial charge in [-0.15, -0.1) is 0 Å². The standard InChI is InChI=1S/C25H28N6O2/c1-17-8-9-19(14-18(17)2)24-27-25-26-20(15-23(32)31(25)28-24)16-29-10-12-30(13-11-29)21-6-4-5-7-22(21)33-3/h4-9,14-15H,10-13,16H2,1-3H3,(H,26,27,28). The molecule has 0 atom stereocenters. The maximum absolute atomic E-state index is 12.7. The van der Waals surface area contributed by atoms with E-state index in [2.05, 4.69) is 56.9 Å². The Balaban J connectivity index is 1.32. The number of H-pyrrole nitrogens is 1. The Morgan fingerprint density at radius 2 is 1.76 bits per heavy atom. The summed E-state index contributed by atoms with van der Waals surface area (Å²) in [5.74, 6) is 1.94. The van der Waals surface area contributed by atoms with E-state index < -0.39 is 0 Å². The molecule has 1 fully saturated rings. The Morgan fingerprint density at radius 1 is 0.970 bits per heavy atom. The molecule has 0 amide bonds. The van der Waals surface area contributed by atoms with Gasteiger partial charge in [0.1, 0.15) is 5.75 Å². The van der Waals surface area contributed by atoms with Gasteiger partial charge in [-0.3, -0.25) is 14.8 Å². The van der Waals surface area contributed by atoms with Crippen molar-refractivity contribution in [3.63, 3.8) is 0 Å². The molecule has 33 heavy (non-hydrogen) atoms. The van der Waals surface area contributed by atoms with Crippen LogP contribution in [0.5, 0.6) is 5.75 Å². The lowest BCUT2D eigenvalue weighted by molar-refractivity contribution is 0.246. The van der Waals surface area contributed by atoms with Crippen LogP contribution < -0.4 is 15.2 Å².